The molecule has 78 valence electrons. The lowest BCUT2D eigenvalue weighted by Gasteiger charge is -2.02. The van der Waals surface area contributed by atoms with Crippen molar-refractivity contribution >= 4 is 16.5 Å². The van der Waals surface area contributed by atoms with Crippen molar-refractivity contribution in [1.82, 2.24) is 4.98 Å². The molecule has 0 aliphatic heterocycles. The number of nitrogens with zero attached hydrogens (tertiary/aromatic N) is 1. The molecule has 5 heteroatoms. The minimum Gasteiger partial charge on any atom is -0.375 e. The van der Waals surface area contributed by atoms with Crippen molar-refractivity contribution in [2.75, 3.05) is 5.73 Å². The van der Waals surface area contributed by atoms with Gasteiger partial charge in [-0.3, -0.25) is 0 Å². The summed E-state index contributed by atoms with van der Waals surface area (Å²) in [6.07, 6.45) is 0. The minimum absolute atomic E-state index is 0.279. The standard InChI is InChI=1S/C10H8F2N2S/c1-5-2-6(8(12)3-7(5)11)9-4-15-10(13)14-9/h2-4H,1H3,(H2,13,14). The molecule has 2 nitrogen and oxygen atoms in total. The fourth-order valence-corrected chi connectivity index (χ4v) is 1.83. The van der Waals surface area contributed by atoms with Crippen molar-refractivity contribution in [2.45, 2.75) is 6.92 Å². The Morgan fingerprint density at radius 2 is 2.00 bits per heavy atom. The molecule has 0 fully saturated rings. The molecule has 0 aliphatic rings. The largest absolute Gasteiger partial charge is 0.375 e. The summed E-state index contributed by atoms with van der Waals surface area (Å²) < 4.78 is 26.4. The smallest absolute Gasteiger partial charge is 0.180 e. The van der Waals surface area contributed by atoms with Crippen LogP contribution in [0.25, 0.3) is 11.3 Å². The molecule has 2 rings (SSSR count). The summed E-state index contributed by atoms with van der Waals surface area (Å²) in [7, 11) is 0. The zero-order chi connectivity index (χ0) is 11.0. The molecule has 0 atom stereocenters. The van der Waals surface area contributed by atoms with E-state index in [1.165, 1.54) is 17.4 Å². The van der Waals surface area contributed by atoms with Crippen LogP contribution in [0, 0.1) is 18.6 Å². The van der Waals surface area contributed by atoms with Crippen LogP contribution in [0.4, 0.5) is 13.9 Å². The molecule has 1 aromatic carbocycles. The second-order valence-electron chi connectivity index (χ2n) is 3.15. The van der Waals surface area contributed by atoms with E-state index in [0.29, 0.717) is 16.4 Å². The van der Waals surface area contributed by atoms with Crippen molar-refractivity contribution in [2.24, 2.45) is 0 Å². The van der Waals surface area contributed by atoms with Gasteiger partial charge in [0.05, 0.1) is 5.69 Å². The first-order valence-corrected chi connectivity index (χ1v) is 5.13. The van der Waals surface area contributed by atoms with Gasteiger partial charge in [0, 0.05) is 17.0 Å². The number of thiazole rings is 1. The molecule has 0 radical (unpaired) electrons. The van der Waals surface area contributed by atoms with E-state index in [1.807, 2.05) is 0 Å². The van der Waals surface area contributed by atoms with Crippen molar-refractivity contribution in [3.63, 3.8) is 0 Å². The van der Waals surface area contributed by atoms with Crippen LogP contribution in [-0.2, 0) is 0 Å². The molecule has 0 bridgehead atoms. The molecule has 2 aromatic rings. The molecule has 1 heterocycles. The van der Waals surface area contributed by atoms with Crippen LogP contribution < -0.4 is 5.73 Å². The monoisotopic (exact) mass is 226 g/mol. The number of nitrogen functional groups attached to an aromatic ring is 1. The van der Waals surface area contributed by atoms with E-state index in [0.717, 1.165) is 6.07 Å². The SMILES string of the molecule is Cc1cc(-c2csc(N)n2)c(F)cc1F. The van der Waals surface area contributed by atoms with E-state index in [-0.39, 0.29) is 5.56 Å². The highest BCUT2D eigenvalue weighted by Crippen LogP contribution is 2.27. The number of hydrogen-bond acceptors (Lipinski definition) is 3. The molecule has 0 spiro atoms. The molecule has 0 saturated carbocycles. The molecule has 0 unspecified atom stereocenters. The average molecular weight is 226 g/mol. The Morgan fingerprint density at radius 3 is 2.60 bits per heavy atom. The third-order valence-electron chi connectivity index (χ3n) is 2.05. The van der Waals surface area contributed by atoms with Crippen LogP contribution in [0.5, 0.6) is 0 Å². The van der Waals surface area contributed by atoms with E-state index >= 15 is 0 Å². The van der Waals surface area contributed by atoms with Crippen LogP contribution in [-0.4, -0.2) is 4.98 Å². The van der Waals surface area contributed by atoms with E-state index < -0.39 is 11.6 Å². The fraction of sp³-hybridized carbons (Fsp3) is 0.100. The van der Waals surface area contributed by atoms with Crippen LogP contribution in [0.1, 0.15) is 5.56 Å². The van der Waals surface area contributed by atoms with Gasteiger partial charge in [0.15, 0.2) is 5.13 Å². The summed E-state index contributed by atoms with van der Waals surface area (Å²) in [5.74, 6) is -1.18. The Kier molecular flexibility index (Phi) is 2.40. The van der Waals surface area contributed by atoms with E-state index in [4.69, 9.17) is 5.73 Å². The van der Waals surface area contributed by atoms with Crippen LogP contribution in [0.2, 0.25) is 0 Å². The van der Waals surface area contributed by atoms with Crippen molar-refractivity contribution in [3.8, 4) is 11.3 Å². The van der Waals surface area contributed by atoms with Crippen LogP contribution in [0.15, 0.2) is 17.5 Å². The normalized spacial score (nSPS) is 10.6. The van der Waals surface area contributed by atoms with E-state index in [1.54, 1.807) is 12.3 Å². The Bertz CT molecular complexity index is 508. The topological polar surface area (TPSA) is 38.9 Å². The number of nitrogens with two attached hydrogens (primary N) is 1. The lowest BCUT2D eigenvalue weighted by Crippen LogP contribution is -1.91. The van der Waals surface area contributed by atoms with E-state index in [9.17, 15) is 8.78 Å². The maximum Gasteiger partial charge on any atom is 0.180 e. The Balaban J connectivity index is 2.58. The van der Waals surface area contributed by atoms with Gasteiger partial charge in [-0.1, -0.05) is 0 Å². The molecule has 0 amide bonds. The second-order valence-corrected chi connectivity index (χ2v) is 4.04. The van der Waals surface area contributed by atoms with Gasteiger partial charge in [0.1, 0.15) is 11.6 Å². The second kappa shape index (κ2) is 3.58. The number of benzene rings is 1. The minimum atomic E-state index is -0.622. The molecular formula is C10H8F2N2S. The Morgan fingerprint density at radius 1 is 1.27 bits per heavy atom. The number of anilines is 1. The quantitative estimate of drug-likeness (QED) is 0.811. The molecule has 1 aromatic heterocycles. The molecule has 15 heavy (non-hydrogen) atoms. The zero-order valence-electron chi connectivity index (χ0n) is 7.92. The van der Waals surface area contributed by atoms with Crippen molar-refractivity contribution in [3.05, 3.63) is 34.7 Å². The highest BCUT2D eigenvalue weighted by molar-refractivity contribution is 7.13. The summed E-state index contributed by atoms with van der Waals surface area (Å²) in [5.41, 5.74) is 6.55. The number of rotatable bonds is 1. The van der Waals surface area contributed by atoms with Gasteiger partial charge in [-0.25, -0.2) is 13.8 Å². The lowest BCUT2D eigenvalue weighted by molar-refractivity contribution is 0.579. The lowest BCUT2D eigenvalue weighted by atomic mass is 10.1. The molecule has 0 saturated heterocycles. The van der Waals surface area contributed by atoms with Gasteiger partial charge in [-0.2, -0.15) is 0 Å². The fourth-order valence-electron chi connectivity index (χ4n) is 1.26. The summed E-state index contributed by atoms with van der Waals surface area (Å²) in [4.78, 5) is 3.95. The number of halogens is 2. The predicted octanol–water partition coefficient (Wildman–Crippen LogP) is 2.98. The molecule has 0 aliphatic carbocycles. The first-order chi connectivity index (χ1) is 7.08. The third kappa shape index (κ3) is 1.83. The maximum atomic E-state index is 13.4. The number of hydrogen-bond donors (Lipinski definition) is 1. The Labute approximate surface area is 89.4 Å². The van der Waals surface area contributed by atoms with Gasteiger partial charge < -0.3 is 5.73 Å². The van der Waals surface area contributed by atoms with Gasteiger partial charge in [0.2, 0.25) is 0 Å². The maximum absolute atomic E-state index is 13.4. The van der Waals surface area contributed by atoms with Gasteiger partial charge in [-0.05, 0) is 18.6 Å². The van der Waals surface area contributed by atoms with Crippen molar-refractivity contribution in [1.29, 1.82) is 0 Å². The van der Waals surface area contributed by atoms with Crippen LogP contribution in [0.3, 0.4) is 0 Å². The van der Waals surface area contributed by atoms with Crippen LogP contribution >= 0.6 is 11.3 Å². The van der Waals surface area contributed by atoms with Gasteiger partial charge in [0.25, 0.3) is 0 Å². The molecular weight excluding hydrogens is 218 g/mol. The zero-order valence-corrected chi connectivity index (χ0v) is 8.74. The predicted molar refractivity (Wildman–Crippen MR) is 56.6 cm³/mol. The van der Waals surface area contributed by atoms with E-state index in [2.05, 4.69) is 4.98 Å². The Hall–Kier alpha value is -1.49. The highest BCUT2D eigenvalue weighted by atomic mass is 32.1. The number of aromatic nitrogens is 1. The summed E-state index contributed by atoms with van der Waals surface area (Å²) in [6.45, 7) is 1.58. The summed E-state index contributed by atoms with van der Waals surface area (Å²) in [6, 6.07) is 2.29. The third-order valence-corrected chi connectivity index (χ3v) is 2.72. The van der Waals surface area contributed by atoms with Gasteiger partial charge >= 0.3 is 0 Å². The number of aryl methyl sites for hydroxylation is 1. The summed E-state index contributed by atoms with van der Waals surface area (Å²) >= 11 is 1.22. The average Bonchev–Trinajstić information content (AvgIpc) is 2.58. The summed E-state index contributed by atoms with van der Waals surface area (Å²) in [5, 5.41) is 2.01. The van der Waals surface area contributed by atoms with Crippen molar-refractivity contribution < 1.29 is 8.78 Å². The van der Waals surface area contributed by atoms with Gasteiger partial charge in [-0.15, -0.1) is 11.3 Å². The molecule has 2 N–H and O–H groups in total. The first-order valence-electron chi connectivity index (χ1n) is 4.25. The first kappa shape index (κ1) is 10.0. The highest BCUT2D eigenvalue weighted by Gasteiger charge is 2.11.